The summed E-state index contributed by atoms with van der Waals surface area (Å²) in [6.45, 7) is 0. The van der Waals surface area contributed by atoms with E-state index in [-0.39, 0.29) is 12.3 Å². The lowest BCUT2D eigenvalue weighted by Crippen LogP contribution is -2.12. The average molecular weight is 383 g/mol. The molecule has 130 valence electrons. The Morgan fingerprint density at radius 1 is 1.19 bits per heavy atom. The molecule has 4 aromatic heterocycles. The van der Waals surface area contributed by atoms with Crippen molar-refractivity contribution in [2.45, 2.75) is 12.8 Å². The van der Waals surface area contributed by atoms with Crippen LogP contribution in [0.4, 0.5) is 5.13 Å². The second-order valence-corrected chi connectivity index (χ2v) is 7.12. The van der Waals surface area contributed by atoms with Crippen molar-refractivity contribution in [3.63, 3.8) is 0 Å². The Morgan fingerprint density at radius 3 is 2.96 bits per heavy atom. The van der Waals surface area contributed by atoms with Crippen molar-refractivity contribution in [3.05, 3.63) is 53.3 Å². The number of nitrogens with zero attached hydrogens (tertiary/aromatic N) is 4. The first-order valence-corrected chi connectivity index (χ1v) is 9.56. The van der Waals surface area contributed by atoms with E-state index in [1.807, 2.05) is 35.0 Å². The lowest BCUT2D eigenvalue weighted by atomic mass is 10.2. The summed E-state index contributed by atoms with van der Waals surface area (Å²) < 4.78 is 5.20. The zero-order valence-electron chi connectivity index (χ0n) is 13.5. The van der Waals surface area contributed by atoms with Gasteiger partial charge in [0.05, 0.1) is 10.6 Å². The fourth-order valence-electron chi connectivity index (χ4n) is 2.24. The van der Waals surface area contributed by atoms with Gasteiger partial charge in [-0.3, -0.25) is 9.78 Å². The van der Waals surface area contributed by atoms with Crippen LogP contribution in [0.5, 0.6) is 0 Å². The Morgan fingerprint density at radius 2 is 2.15 bits per heavy atom. The highest BCUT2D eigenvalue weighted by molar-refractivity contribution is 7.14. The van der Waals surface area contributed by atoms with E-state index in [1.165, 1.54) is 11.3 Å². The first-order chi connectivity index (χ1) is 12.8. The van der Waals surface area contributed by atoms with Crippen LogP contribution in [0.15, 0.2) is 51.9 Å². The molecule has 0 aliphatic heterocycles. The fourth-order valence-corrected chi connectivity index (χ4v) is 3.63. The first-order valence-electron chi connectivity index (χ1n) is 7.80. The Hall–Kier alpha value is -2.91. The molecule has 26 heavy (non-hydrogen) atoms. The molecule has 0 aliphatic carbocycles. The highest BCUT2D eigenvalue weighted by Gasteiger charge is 2.12. The van der Waals surface area contributed by atoms with E-state index in [0.29, 0.717) is 23.3 Å². The minimum Gasteiger partial charge on any atom is -0.339 e. The Bertz CT molecular complexity index is 995. The van der Waals surface area contributed by atoms with Crippen molar-refractivity contribution >= 4 is 33.7 Å². The number of thiazole rings is 1. The summed E-state index contributed by atoms with van der Waals surface area (Å²) in [4.78, 5) is 25.8. The second kappa shape index (κ2) is 7.54. The van der Waals surface area contributed by atoms with E-state index in [4.69, 9.17) is 4.52 Å². The van der Waals surface area contributed by atoms with Gasteiger partial charge in [0.15, 0.2) is 5.13 Å². The Balaban J connectivity index is 1.33. The van der Waals surface area contributed by atoms with Crippen LogP contribution >= 0.6 is 22.7 Å². The van der Waals surface area contributed by atoms with Crippen LogP contribution in [0.25, 0.3) is 22.0 Å². The van der Waals surface area contributed by atoms with E-state index in [2.05, 4.69) is 25.4 Å². The summed E-state index contributed by atoms with van der Waals surface area (Å²) in [7, 11) is 0. The zero-order chi connectivity index (χ0) is 17.8. The van der Waals surface area contributed by atoms with E-state index in [0.717, 1.165) is 16.1 Å². The zero-order valence-corrected chi connectivity index (χ0v) is 15.1. The molecule has 0 saturated carbocycles. The van der Waals surface area contributed by atoms with Crippen LogP contribution in [0.1, 0.15) is 12.3 Å². The van der Waals surface area contributed by atoms with Gasteiger partial charge in [0.1, 0.15) is 0 Å². The number of hydrogen-bond acceptors (Lipinski definition) is 8. The monoisotopic (exact) mass is 383 g/mol. The quantitative estimate of drug-likeness (QED) is 0.543. The number of aryl methyl sites for hydroxylation is 1. The van der Waals surface area contributed by atoms with E-state index in [1.54, 1.807) is 23.7 Å². The molecule has 0 saturated heterocycles. The molecule has 0 aliphatic rings. The van der Waals surface area contributed by atoms with Gasteiger partial charge in [-0.15, -0.1) is 22.7 Å². The summed E-state index contributed by atoms with van der Waals surface area (Å²) in [6, 6.07) is 7.63. The van der Waals surface area contributed by atoms with Crippen molar-refractivity contribution in [3.8, 4) is 22.0 Å². The summed E-state index contributed by atoms with van der Waals surface area (Å²) in [6.07, 6.45) is 4.07. The SMILES string of the molecule is O=C(CCc1nc(-c2cccs2)no1)Nc1nc(-c2cccnc2)cs1. The van der Waals surface area contributed by atoms with Gasteiger partial charge in [0, 0.05) is 36.2 Å². The Labute approximate surface area is 156 Å². The summed E-state index contributed by atoms with van der Waals surface area (Å²) >= 11 is 2.92. The van der Waals surface area contributed by atoms with Crippen molar-refractivity contribution in [1.82, 2.24) is 20.1 Å². The third-order valence-corrected chi connectivity index (χ3v) is 5.11. The molecule has 4 rings (SSSR count). The van der Waals surface area contributed by atoms with Crippen LogP contribution in [-0.2, 0) is 11.2 Å². The van der Waals surface area contributed by atoms with Crippen molar-refractivity contribution < 1.29 is 9.32 Å². The first kappa shape index (κ1) is 16.6. The number of carbonyl (C=O) groups excluding carboxylic acids is 1. The molecular weight excluding hydrogens is 370 g/mol. The molecule has 0 fully saturated rings. The van der Waals surface area contributed by atoms with E-state index in [9.17, 15) is 4.79 Å². The number of rotatable bonds is 6. The number of nitrogens with one attached hydrogen (secondary N) is 1. The van der Waals surface area contributed by atoms with Gasteiger partial charge in [-0.2, -0.15) is 4.98 Å². The number of hydrogen-bond donors (Lipinski definition) is 1. The van der Waals surface area contributed by atoms with Crippen molar-refractivity contribution in [2.24, 2.45) is 0 Å². The average Bonchev–Trinajstić information content (AvgIpc) is 3.41. The standard InChI is InChI=1S/C17H13N5O2S2/c23-14(5-6-15-21-16(22-24-15)13-4-2-8-25-13)20-17-19-12(10-26-17)11-3-1-7-18-9-11/h1-4,7-10H,5-6H2,(H,19,20,23). The van der Waals surface area contributed by atoms with Gasteiger partial charge in [0.2, 0.25) is 17.6 Å². The molecule has 1 amide bonds. The largest absolute Gasteiger partial charge is 0.339 e. The number of thiophene rings is 1. The maximum atomic E-state index is 12.1. The smallest absolute Gasteiger partial charge is 0.227 e. The molecule has 0 unspecified atom stereocenters. The molecule has 0 bridgehead atoms. The number of anilines is 1. The Kier molecular flexibility index (Phi) is 4.80. The van der Waals surface area contributed by atoms with E-state index >= 15 is 0 Å². The molecule has 0 atom stereocenters. The third kappa shape index (κ3) is 3.84. The highest BCUT2D eigenvalue weighted by Crippen LogP contribution is 2.24. The summed E-state index contributed by atoms with van der Waals surface area (Å²) in [5.41, 5.74) is 1.70. The third-order valence-electron chi connectivity index (χ3n) is 3.48. The van der Waals surface area contributed by atoms with Gasteiger partial charge in [0.25, 0.3) is 0 Å². The van der Waals surface area contributed by atoms with Gasteiger partial charge >= 0.3 is 0 Å². The van der Waals surface area contributed by atoms with Gasteiger partial charge < -0.3 is 9.84 Å². The van der Waals surface area contributed by atoms with Gasteiger partial charge in [-0.25, -0.2) is 4.98 Å². The molecule has 0 spiro atoms. The maximum Gasteiger partial charge on any atom is 0.227 e. The van der Waals surface area contributed by atoms with Crippen LogP contribution in [0.2, 0.25) is 0 Å². The number of amides is 1. The van der Waals surface area contributed by atoms with Crippen molar-refractivity contribution in [2.75, 3.05) is 5.32 Å². The second-order valence-electron chi connectivity index (χ2n) is 5.32. The van der Waals surface area contributed by atoms with Crippen LogP contribution in [0, 0.1) is 0 Å². The number of pyridine rings is 1. The van der Waals surface area contributed by atoms with Crippen LogP contribution in [0.3, 0.4) is 0 Å². The topological polar surface area (TPSA) is 93.8 Å². The predicted octanol–water partition coefficient (Wildman–Crippen LogP) is 3.89. The molecule has 1 N–H and O–H groups in total. The number of carbonyl (C=O) groups is 1. The molecule has 4 heterocycles. The summed E-state index contributed by atoms with van der Waals surface area (Å²) in [5, 5.41) is 11.1. The lowest BCUT2D eigenvalue weighted by molar-refractivity contribution is -0.116. The highest BCUT2D eigenvalue weighted by atomic mass is 32.1. The van der Waals surface area contributed by atoms with Crippen molar-refractivity contribution in [1.29, 1.82) is 0 Å². The van der Waals surface area contributed by atoms with Crippen LogP contribution in [-0.4, -0.2) is 26.0 Å². The minimum atomic E-state index is -0.145. The van der Waals surface area contributed by atoms with Gasteiger partial charge in [-0.1, -0.05) is 11.2 Å². The molecule has 0 aromatic carbocycles. The molecule has 4 aromatic rings. The summed E-state index contributed by atoms with van der Waals surface area (Å²) in [5.74, 6) is 0.850. The normalized spacial score (nSPS) is 10.8. The minimum absolute atomic E-state index is 0.145. The molecule has 7 nitrogen and oxygen atoms in total. The molecular formula is C17H13N5O2S2. The van der Waals surface area contributed by atoms with E-state index < -0.39 is 0 Å². The number of aromatic nitrogens is 4. The maximum absolute atomic E-state index is 12.1. The van der Waals surface area contributed by atoms with Crippen LogP contribution < -0.4 is 5.32 Å². The predicted molar refractivity (Wildman–Crippen MR) is 99.9 cm³/mol. The lowest BCUT2D eigenvalue weighted by Gasteiger charge is -1.99. The molecule has 9 heteroatoms. The molecule has 0 radical (unpaired) electrons. The fraction of sp³-hybridized carbons (Fsp3) is 0.118. The van der Waals surface area contributed by atoms with Gasteiger partial charge in [-0.05, 0) is 23.6 Å².